The van der Waals surface area contributed by atoms with Crippen LogP contribution in [0.15, 0.2) is 0 Å². The van der Waals surface area contributed by atoms with E-state index in [1.165, 1.54) is 0 Å². The molecule has 1 rings (SSSR count). The first-order valence-corrected chi connectivity index (χ1v) is 6.79. The number of likely N-dealkylation sites (N-methyl/N-ethyl adjacent to an activating group) is 1. The van der Waals surface area contributed by atoms with Crippen molar-refractivity contribution < 1.29 is 22.7 Å². The molecular formula is C13H23F3N2O2. The lowest BCUT2D eigenvalue weighted by Gasteiger charge is -2.45. The topological polar surface area (TPSA) is 41.6 Å². The van der Waals surface area contributed by atoms with Crippen LogP contribution in [-0.2, 0) is 4.74 Å². The number of alkyl halides is 3. The van der Waals surface area contributed by atoms with E-state index in [-0.39, 0.29) is 5.54 Å². The number of hydrogen-bond acceptors (Lipinski definition) is 3. The van der Waals surface area contributed by atoms with Crippen molar-refractivity contribution in [3.63, 3.8) is 0 Å². The van der Waals surface area contributed by atoms with E-state index in [4.69, 9.17) is 0 Å². The van der Waals surface area contributed by atoms with E-state index >= 15 is 0 Å². The van der Waals surface area contributed by atoms with Crippen LogP contribution < -0.4 is 5.32 Å². The zero-order valence-corrected chi connectivity index (χ0v) is 12.2. The molecular weight excluding hydrogens is 273 g/mol. The number of hydrogen-bond donors (Lipinski definition) is 1. The lowest BCUT2D eigenvalue weighted by Crippen LogP contribution is -2.55. The molecule has 4 nitrogen and oxygen atoms in total. The van der Waals surface area contributed by atoms with E-state index in [2.05, 4.69) is 17.0 Å². The lowest BCUT2D eigenvalue weighted by atomic mass is 9.75. The van der Waals surface area contributed by atoms with Gasteiger partial charge in [-0.25, -0.2) is 4.79 Å². The normalized spacial score (nSPS) is 27.4. The van der Waals surface area contributed by atoms with Gasteiger partial charge < -0.3 is 15.0 Å². The number of nitrogens with zero attached hydrogens (tertiary/aromatic N) is 1. The molecule has 0 saturated heterocycles. The fourth-order valence-electron chi connectivity index (χ4n) is 2.79. The van der Waals surface area contributed by atoms with Gasteiger partial charge >= 0.3 is 12.3 Å². The zero-order valence-electron chi connectivity index (χ0n) is 12.2. The van der Waals surface area contributed by atoms with Crippen LogP contribution in [0.4, 0.5) is 18.0 Å². The predicted molar refractivity (Wildman–Crippen MR) is 69.5 cm³/mol. The largest absolute Gasteiger partial charge is 0.440 e. The molecule has 1 aliphatic rings. The van der Waals surface area contributed by atoms with Crippen molar-refractivity contribution in [3.05, 3.63) is 0 Å². The first-order valence-electron chi connectivity index (χ1n) is 6.79. The number of rotatable bonds is 4. The summed E-state index contributed by atoms with van der Waals surface area (Å²) in [4.78, 5) is 13.4. The summed E-state index contributed by atoms with van der Waals surface area (Å²) in [6.07, 6.45) is -1.46. The Morgan fingerprint density at radius 1 is 1.45 bits per heavy atom. The average molecular weight is 296 g/mol. The van der Waals surface area contributed by atoms with E-state index in [9.17, 15) is 18.0 Å². The highest BCUT2D eigenvalue weighted by atomic mass is 19.4. The van der Waals surface area contributed by atoms with Gasteiger partial charge in [0, 0.05) is 12.1 Å². The number of ether oxygens (including phenoxy) is 1. The Morgan fingerprint density at radius 2 is 2.10 bits per heavy atom. The van der Waals surface area contributed by atoms with E-state index in [1.807, 2.05) is 19.0 Å². The van der Waals surface area contributed by atoms with Crippen molar-refractivity contribution >= 4 is 6.09 Å². The molecule has 0 spiro atoms. The average Bonchev–Trinajstić information content (AvgIpc) is 2.33. The Balaban J connectivity index is 2.49. The molecule has 1 amide bonds. The van der Waals surface area contributed by atoms with Gasteiger partial charge in [0.25, 0.3) is 0 Å². The zero-order chi connectivity index (χ0) is 15.4. The Labute approximate surface area is 117 Å². The molecule has 2 atom stereocenters. The van der Waals surface area contributed by atoms with Crippen LogP contribution in [0, 0.1) is 5.92 Å². The molecule has 2 unspecified atom stereocenters. The van der Waals surface area contributed by atoms with Gasteiger partial charge in [-0.3, -0.25) is 0 Å². The molecule has 0 aromatic rings. The maximum absolute atomic E-state index is 12.0. The lowest BCUT2D eigenvalue weighted by molar-refractivity contribution is -0.160. The second-order valence-corrected chi connectivity index (χ2v) is 5.87. The minimum Gasteiger partial charge on any atom is -0.440 e. The van der Waals surface area contributed by atoms with Crippen LogP contribution >= 0.6 is 0 Å². The number of alkyl carbamates (subject to hydrolysis) is 1. The number of halogens is 3. The van der Waals surface area contributed by atoms with Gasteiger partial charge in [-0.05, 0) is 32.9 Å². The van der Waals surface area contributed by atoms with E-state index in [1.54, 1.807) is 0 Å². The monoisotopic (exact) mass is 296 g/mol. The van der Waals surface area contributed by atoms with Crippen LogP contribution in [0.25, 0.3) is 0 Å². The summed E-state index contributed by atoms with van der Waals surface area (Å²) in [5, 5.41) is 2.46. The molecule has 0 heterocycles. The second kappa shape index (κ2) is 6.65. The number of carbonyl (C=O) groups is 1. The van der Waals surface area contributed by atoms with Crippen molar-refractivity contribution in [1.29, 1.82) is 0 Å². The highest BCUT2D eigenvalue weighted by Crippen LogP contribution is 2.35. The molecule has 0 radical (unpaired) electrons. The van der Waals surface area contributed by atoms with Crippen molar-refractivity contribution in [2.75, 3.05) is 27.2 Å². The minimum absolute atomic E-state index is 0.199. The van der Waals surface area contributed by atoms with Crippen LogP contribution in [0.1, 0.15) is 32.6 Å². The van der Waals surface area contributed by atoms with E-state index in [0.717, 1.165) is 25.7 Å². The quantitative estimate of drug-likeness (QED) is 0.867. The Hall–Kier alpha value is -0.980. The summed E-state index contributed by atoms with van der Waals surface area (Å²) >= 11 is 0. The Kier molecular flexibility index (Phi) is 5.68. The number of amides is 1. The number of nitrogens with one attached hydrogen (secondary N) is 1. The van der Waals surface area contributed by atoms with Crippen LogP contribution in [0.5, 0.6) is 0 Å². The molecule has 0 bridgehead atoms. The Bertz CT molecular complexity index is 334. The highest BCUT2D eigenvalue weighted by molar-refractivity contribution is 5.67. The van der Waals surface area contributed by atoms with Gasteiger partial charge in [-0.15, -0.1) is 0 Å². The second-order valence-electron chi connectivity index (χ2n) is 5.87. The van der Waals surface area contributed by atoms with E-state index < -0.39 is 18.9 Å². The number of carbonyl (C=O) groups excluding carboxylic acids is 1. The van der Waals surface area contributed by atoms with Crippen molar-refractivity contribution in [1.82, 2.24) is 10.2 Å². The minimum atomic E-state index is -4.49. The molecule has 1 fully saturated rings. The van der Waals surface area contributed by atoms with Gasteiger partial charge in [0.2, 0.25) is 0 Å². The third kappa shape index (κ3) is 5.19. The standard InChI is InChI=1S/C13H23F3N2O2/c1-10-5-4-6-12(7-10,18(2)3)8-17-11(19)20-9-13(14,15)16/h10H,4-9H2,1-3H3,(H,17,19). The van der Waals surface area contributed by atoms with Crippen molar-refractivity contribution in [2.24, 2.45) is 5.92 Å². The van der Waals surface area contributed by atoms with Crippen LogP contribution in [0.2, 0.25) is 0 Å². The first kappa shape index (κ1) is 17.1. The highest BCUT2D eigenvalue weighted by Gasteiger charge is 2.37. The SMILES string of the molecule is CC1CCCC(CNC(=O)OCC(F)(F)F)(N(C)C)C1. The van der Waals surface area contributed by atoms with Crippen molar-refractivity contribution in [3.8, 4) is 0 Å². The van der Waals surface area contributed by atoms with Crippen LogP contribution in [-0.4, -0.2) is 50.0 Å². The molecule has 1 saturated carbocycles. The van der Waals surface area contributed by atoms with Gasteiger partial charge in [0.15, 0.2) is 6.61 Å². The third-order valence-corrected chi connectivity index (χ3v) is 3.94. The maximum atomic E-state index is 12.0. The predicted octanol–water partition coefficient (Wildman–Crippen LogP) is 2.79. The first-order chi connectivity index (χ1) is 9.15. The van der Waals surface area contributed by atoms with Crippen LogP contribution in [0.3, 0.4) is 0 Å². The molecule has 7 heteroatoms. The summed E-state index contributed by atoms with van der Waals surface area (Å²) in [6, 6.07) is 0. The molecule has 1 N–H and O–H groups in total. The fraction of sp³-hybridized carbons (Fsp3) is 0.923. The molecule has 0 aromatic heterocycles. The van der Waals surface area contributed by atoms with Gasteiger partial charge in [0.1, 0.15) is 0 Å². The molecule has 1 aliphatic carbocycles. The molecule has 0 aliphatic heterocycles. The summed E-state index contributed by atoms with van der Waals surface area (Å²) in [5.74, 6) is 0.541. The fourth-order valence-corrected chi connectivity index (χ4v) is 2.79. The Morgan fingerprint density at radius 3 is 2.60 bits per heavy atom. The van der Waals surface area contributed by atoms with Crippen molar-refractivity contribution in [2.45, 2.75) is 44.3 Å². The molecule has 118 valence electrons. The van der Waals surface area contributed by atoms with Gasteiger partial charge in [-0.2, -0.15) is 13.2 Å². The summed E-state index contributed by atoms with van der Waals surface area (Å²) in [7, 11) is 3.86. The summed E-state index contributed by atoms with van der Waals surface area (Å²) in [5.41, 5.74) is -0.199. The van der Waals surface area contributed by atoms with Gasteiger partial charge in [0.05, 0.1) is 0 Å². The molecule has 20 heavy (non-hydrogen) atoms. The summed E-state index contributed by atoms with van der Waals surface area (Å²) in [6.45, 7) is 0.907. The smallest absolute Gasteiger partial charge is 0.422 e. The van der Waals surface area contributed by atoms with Gasteiger partial charge in [-0.1, -0.05) is 19.8 Å². The molecule has 0 aromatic carbocycles. The summed E-state index contributed by atoms with van der Waals surface area (Å²) < 4.78 is 40.0. The maximum Gasteiger partial charge on any atom is 0.422 e. The third-order valence-electron chi connectivity index (χ3n) is 3.94. The van der Waals surface area contributed by atoms with E-state index in [0.29, 0.717) is 12.5 Å².